The van der Waals surface area contributed by atoms with Crippen LogP contribution < -0.4 is 5.32 Å². The van der Waals surface area contributed by atoms with E-state index < -0.39 is 4.92 Å². The Bertz CT molecular complexity index is 500. The summed E-state index contributed by atoms with van der Waals surface area (Å²) in [5.74, 6) is -0.230. The highest BCUT2D eigenvalue weighted by Gasteiger charge is 2.17. The smallest absolute Gasteiger partial charge is 0.273 e. The molecule has 0 aliphatic heterocycles. The Morgan fingerprint density at radius 1 is 1.38 bits per heavy atom. The summed E-state index contributed by atoms with van der Waals surface area (Å²) in [4.78, 5) is 22.2. The third-order valence-electron chi connectivity index (χ3n) is 3.32. The number of nitro benzene ring substituents is 1. The number of nitro groups is 1. The number of aliphatic hydroxyl groups excluding tert-OH is 1. The van der Waals surface area contributed by atoms with Gasteiger partial charge in [0.2, 0.25) is 5.91 Å². The van der Waals surface area contributed by atoms with Gasteiger partial charge in [0.1, 0.15) is 0 Å². The Balaban J connectivity index is 2.43. The number of nitrogens with one attached hydrogen (secondary N) is 1. The number of aliphatic hydroxyl groups is 1. The van der Waals surface area contributed by atoms with Crippen LogP contribution in [0.25, 0.3) is 0 Å². The van der Waals surface area contributed by atoms with Crippen molar-refractivity contribution in [3.8, 4) is 0 Å². The van der Waals surface area contributed by atoms with Crippen molar-refractivity contribution in [1.82, 2.24) is 5.32 Å². The molecule has 0 saturated heterocycles. The van der Waals surface area contributed by atoms with Gasteiger partial charge < -0.3 is 10.4 Å². The minimum Gasteiger partial charge on any atom is -0.396 e. The maximum atomic E-state index is 11.8. The Hall–Kier alpha value is -1.95. The Morgan fingerprint density at radius 2 is 2.05 bits per heavy atom. The van der Waals surface area contributed by atoms with Gasteiger partial charge in [0.15, 0.2) is 0 Å². The molecule has 21 heavy (non-hydrogen) atoms. The molecule has 0 atom stereocenters. The number of benzene rings is 1. The second-order valence-corrected chi connectivity index (χ2v) is 5.84. The molecule has 6 heteroatoms. The predicted octanol–water partition coefficient (Wildman–Crippen LogP) is 2.05. The molecule has 0 fully saturated rings. The molecular weight excluding hydrogens is 272 g/mol. The molecule has 0 radical (unpaired) electrons. The van der Waals surface area contributed by atoms with Crippen molar-refractivity contribution in [3.63, 3.8) is 0 Å². The van der Waals surface area contributed by atoms with Gasteiger partial charge >= 0.3 is 0 Å². The van der Waals surface area contributed by atoms with Crippen LogP contribution in [0.4, 0.5) is 5.69 Å². The zero-order valence-corrected chi connectivity index (χ0v) is 12.5. The Kier molecular flexibility index (Phi) is 6.30. The van der Waals surface area contributed by atoms with Crippen LogP contribution in [0.2, 0.25) is 0 Å². The lowest BCUT2D eigenvalue weighted by molar-refractivity contribution is -0.385. The Labute approximate surface area is 124 Å². The molecule has 1 rings (SSSR count). The highest BCUT2D eigenvalue weighted by atomic mass is 16.6. The SMILES string of the molecule is CC(C)(CO)CCCNC(=O)Cc1ccccc1[N+](=O)[O-]. The quantitative estimate of drug-likeness (QED) is 0.436. The fourth-order valence-electron chi connectivity index (χ4n) is 1.95. The van der Waals surface area contributed by atoms with Crippen LogP contribution in [-0.4, -0.2) is 29.1 Å². The van der Waals surface area contributed by atoms with Crippen LogP contribution in [0.1, 0.15) is 32.3 Å². The molecule has 1 aromatic rings. The van der Waals surface area contributed by atoms with E-state index in [0.717, 1.165) is 12.8 Å². The third-order valence-corrected chi connectivity index (χ3v) is 3.32. The molecule has 0 aliphatic rings. The standard InChI is InChI=1S/C15H22N2O4/c1-15(2,11-18)8-5-9-16-14(19)10-12-6-3-4-7-13(12)17(20)21/h3-4,6-7,18H,5,8-11H2,1-2H3,(H,16,19). The molecule has 0 saturated carbocycles. The van der Waals surface area contributed by atoms with Crippen molar-refractivity contribution in [2.45, 2.75) is 33.1 Å². The second-order valence-electron chi connectivity index (χ2n) is 5.84. The molecule has 1 aromatic carbocycles. The molecule has 116 valence electrons. The summed E-state index contributed by atoms with van der Waals surface area (Å²) in [6.07, 6.45) is 1.56. The maximum absolute atomic E-state index is 11.8. The lowest BCUT2D eigenvalue weighted by Gasteiger charge is -2.21. The molecular formula is C15H22N2O4. The molecule has 0 bridgehead atoms. The van der Waals surface area contributed by atoms with Gasteiger partial charge in [0, 0.05) is 24.8 Å². The topological polar surface area (TPSA) is 92.5 Å². The first-order valence-electron chi connectivity index (χ1n) is 6.95. The van der Waals surface area contributed by atoms with Crippen molar-refractivity contribution < 1.29 is 14.8 Å². The zero-order chi connectivity index (χ0) is 15.9. The predicted molar refractivity (Wildman–Crippen MR) is 79.9 cm³/mol. The van der Waals surface area contributed by atoms with Crippen molar-refractivity contribution in [3.05, 3.63) is 39.9 Å². The summed E-state index contributed by atoms with van der Waals surface area (Å²) >= 11 is 0. The fraction of sp³-hybridized carbons (Fsp3) is 0.533. The number of hydrogen-bond donors (Lipinski definition) is 2. The van der Waals surface area contributed by atoms with E-state index in [-0.39, 0.29) is 30.0 Å². The van der Waals surface area contributed by atoms with Gasteiger partial charge in [-0.1, -0.05) is 32.0 Å². The largest absolute Gasteiger partial charge is 0.396 e. The number of nitrogens with zero attached hydrogens (tertiary/aromatic N) is 1. The molecule has 6 nitrogen and oxygen atoms in total. The minimum atomic E-state index is -0.480. The van der Waals surface area contributed by atoms with E-state index in [1.54, 1.807) is 18.2 Å². The van der Waals surface area contributed by atoms with E-state index in [2.05, 4.69) is 5.32 Å². The van der Waals surface area contributed by atoms with Gasteiger partial charge in [-0.3, -0.25) is 14.9 Å². The summed E-state index contributed by atoms with van der Waals surface area (Å²) in [6.45, 7) is 4.53. The number of amides is 1. The van der Waals surface area contributed by atoms with E-state index >= 15 is 0 Å². The fourth-order valence-corrected chi connectivity index (χ4v) is 1.95. The van der Waals surface area contributed by atoms with Gasteiger partial charge in [-0.05, 0) is 18.3 Å². The maximum Gasteiger partial charge on any atom is 0.273 e. The average Bonchev–Trinajstić information content (AvgIpc) is 2.44. The first-order chi connectivity index (χ1) is 9.85. The third kappa shape index (κ3) is 5.91. The average molecular weight is 294 g/mol. The van der Waals surface area contributed by atoms with Gasteiger partial charge in [0.05, 0.1) is 11.3 Å². The van der Waals surface area contributed by atoms with E-state index in [0.29, 0.717) is 12.1 Å². The first kappa shape index (κ1) is 17.1. The van der Waals surface area contributed by atoms with Crippen molar-refractivity contribution >= 4 is 11.6 Å². The lowest BCUT2D eigenvalue weighted by Crippen LogP contribution is -2.27. The highest BCUT2D eigenvalue weighted by molar-refractivity contribution is 5.79. The van der Waals surface area contributed by atoms with E-state index in [4.69, 9.17) is 5.11 Å². The van der Waals surface area contributed by atoms with Crippen LogP contribution in [-0.2, 0) is 11.2 Å². The molecule has 0 aromatic heterocycles. The minimum absolute atomic E-state index is 0.000542. The number of para-hydroxylation sites is 1. The van der Waals surface area contributed by atoms with Gasteiger partial charge in [-0.2, -0.15) is 0 Å². The first-order valence-corrected chi connectivity index (χ1v) is 6.95. The lowest BCUT2D eigenvalue weighted by atomic mass is 9.89. The Morgan fingerprint density at radius 3 is 2.67 bits per heavy atom. The van der Waals surface area contributed by atoms with Gasteiger partial charge in [0.25, 0.3) is 5.69 Å². The molecule has 0 aliphatic carbocycles. The molecule has 1 amide bonds. The molecule has 2 N–H and O–H groups in total. The van der Waals surface area contributed by atoms with Crippen LogP contribution in [0.5, 0.6) is 0 Å². The van der Waals surface area contributed by atoms with Crippen molar-refractivity contribution in [2.75, 3.05) is 13.2 Å². The molecule has 0 heterocycles. The summed E-state index contributed by atoms with van der Waals surface area (Å²) < 4.78 is 0. The van der Waals surface area contributed by atoms with Crippen LogP contribution in [0, 0.1) is 15.5 Å². The number of carbonyl (C=O) groups excluding carboxylic acids is 1. The highest BCUT2D eigenvalue weighted by Crippen LogP contribution is 2.20. The summed E-state index contributed by atoms with van der Waals surface area (Å²) in [5.41, 5.74) is 0.230. The van der Waals surface area contributed by atoms with Crippen molar-refractivity contribution in [2.24, 2.45) is 5.41 Å². The van der Waals surface area contributed by atoms with E-state index in [9.17, 15) is 14.9 Å². The van der Waals surface area contributed by atoms with Gasteiger partial charge in [-0.25, -0.2) is 0 Å². The normalized spacial score (nSPS) is 11.2. The van der Waals surface area contributed by atoms with Crippen LogP contribution >= 0.6 is 0 Å². The molecule has 0 unspecified atom stereocenters. The van der Waals surface area contributed by atoms with Crippen LogP contribution in [0.3, 0.4) is 0 Å². The van der Waals surface area contributed by atoms with Crippen molar-refractivity contribution in [1.29, 1.82) is 0 Å². The monoisotopic (exact) mass is 294 g/mol. The number of rotatable bonds is 8. The summed E-state index contributed by atoms with van der Waals surface area (Å²) in [5, 5.41) is 22.7. The molecule has 0 spiro atoms. The van der Waals surface area contributed by atoms with E-state index in [1.807, 2.05) is 13.8 Å². The number of carbonyl (C=O) groups is 1. The van der Waals surface area contributed by atoms with Crippen LogP contribution in [0.15, 0.2) is 24.3 Å². The number of hydrogen-bond acceptors (Lipinski definition) is 4. The summed E-state index contributed by atoms with van der Waals surface area (Å²) in [7, 11) is 0. The van der Waals surface area contributed by atoms with E-state index in [1.165, 1.54) is 6.07 Å². The zero-order valence-electron chi connectivity index (χ0n) is 12.5. The van der Waals surface area contributed by atoms with Gasteiger partial charge in [-0.15, -0.1) is 0 Å². The second kappa shape index (κ2) is 7.73. The summed E-state index contributed by atoms with van der Waals surface area (Å²) in [6, 6.07) is 6.24.